The second kappa shape index (κ2) is 4.97. The zero-order chi connectivity index (χ0) is 13.4. The normalized spacial score (nSPS) is 20.7. The second-order valence-corrected chi connectivity index (χ2v) is 5.83. The average Bonchev–Trinajstić information content (AvgIpc) is 3.21. The maximum atomic E-state index is 4.46. The predicted octanol–water partition coefficient (Wildman–Crippen LogP) is 0.488. The summed E-state index contributed by atoms with van der Waals surface area (Å²) in [6, 6.07) is 4.74. The van der Waals surface area contributed by atoms with Crippen LogP contribution in [0.15, 0.2) is 12.1 Å². The number of nitrogens with zero attached hydrogens (tertiary/aromatic N) is 6. The van der Waals surface area contributed by atoms with Crippen molar-refractivity contribution in [2.75, 3.05) is 24.5 Å². The quantitative estimate of drug-likeness (QED) is 0.874. The molecule has 20 heavy (non-hydrogen) atoms. The van der Waals surface area contributed by atoms with Crippen LogP contribution in [0, 0.1) is 5.92 Å². The van der Waals surface area contributed by atoms with E-state index < -0.39 is 0 Å². The molecule has 7 nitrogen and oxygen atoms in total. The highest BCUT2D eigenvalue weighted by molar-refractivity contribution is 5.44. The Morgan fingerprint density at radius 2 is 2.00 bits per heavy atom. The zero-order valence-corrected chi connectivity index (χ0v) is 11.4. The summed E-state index contributed by atoms with van der Waals surface area (Å²) in [6.07, 6.45) is 5.20. The van der Waals surface area contributed by atoms with Gasteiger partial charge in [-0.05, 0) is 60.7 Å². The van der Waals surface area contributed by atoms with Crippen LogP contribution < -0.4 is 10.2 Å². The number of aromatic nitrogens is 5. The highest BCUT2D eigenvalue weighted by atomic mass is 15.6. The van der Waals surface area contributed by atoms with Crippen LogP contribution in [0.5, 0.6) is 0 Å². The summed E-state index contributed by atoms with van der Waals surface area (Å²) in [6.45, 7) is 3.31. The summed E-state index contributed by atoms with van der Waals surface area (Å²) in [7, 11) is 0. The first kappa shape index (κ1) is 12.0. The maximum absolute atomic E-state index is 4.46. The molecule has 1 N–H and O–H groups in total. The number of fused-ring (bicyclic) bond motifs is 1. The number of hydrogen-bond donors (Lipinski definition) is 1. The van der Waals surface area contributed by atoms with E-state index in [1.807, 2.05) is 12.1 Å². The summed E-state index contributed by atoms with van der Waals surface area (Å²) < 4.78 is 1.50. The van der Waals surface area contributed by atoms with Gasteiger partial charge in [0.15, 0.2) is 11.5 Å². The zero-order valence-electron chi connectivity index (χ0n) is 11.4. The Kier molecular flexibility index (Phi) is 2.99. The van der Waals surface area contributed by atoms with Gasteiger partial charge in [0.2, 0.25) is 0 Å². The van der Waals surface area contributed by atoms with Gasteiger partial charge < -0.3 is 10.2 Å². The second-order valence-electron chi connectivity index (χ2n) is 5.83. The molecule has 4 rings (SSSR count). The van der Waals surface area contributed by atoms with Crippen molar-refractivity contribution in [3.05, 3.63) is 12.1 Å². The van der Waals surface area contributed by atoms with Crippen molar-refractivity contribution in [1.82, 2.24) is 30.6 Å². The lowest BCUT2D eigenvalue weighted by molar-refractivity contribution is 0.380. The Morgan fingerprint density at radius 1 is 1.15 bits per heavy atom. The van der Waals surface area contributed by atoms with Gasteiger partial charge >= 0.3 is 0 Å². The van der Waals surface area contributed by atoms with Crippen LogP contribution in [-0.4, -0.2) is 50.9 Å². The van der Waals surface area contributed by atoms with E-state index in [0.29, 0.717) is 5.65 Å². The topological polar surface area (TPSA) is 71.2 Å². The molecule has 2 aliphatic rings. The van der Waals surface area contributed by atoms with Crippen molar-refractivity contribution in [2.45, 2.75) is 31.7 Å². The fourth-order valence-corrected chi connectivity index (χ4v) is 2.80. The average molecular weight is 273 g/mol. The van der Waals surface area contributed by atoms with Crippen LogP contribution in [-0.2, 0) is 0 Å². The molecule has 0 bridgehead atoms. The van der Waals surface area contributed by atoms with Crippen LogP contribution in [0.3, 0.4) is 0 Å². The summed E-state index contributed by atoms with van der Waals surface area (Å²) in [4.78, 5) is 2.33. The predicted molar refractivity (Wildman–Crippen MR) is 74.5 cm³/mol. The molecule has 1 saturated heterocycles. The van der Waals surface area contributed by atoms with Gasteiger partial charge in [0.05, 0.1) is 0 Å². The smallest absolute Gasteiger partial charge is 0.200 e. The van der Waals surface area contributed by atoms with Gasteiger partial charge in [0.1, 0.15) is 0 Å². The third kappa shape index (κ3) is 2.45. The lowest BCUT2D eigenvalue weighted by Crippen LogP contribution is -2.38. The van der Waals surface area contributed by atoms with Gasteiger partial charge in [-0.15, -0.1) is 14.8 Å². The van der Waals surface area contributed by atoms with E-state index in [-0.39, 0.29) is 0 Å². The highest BCUT2D eigenvalue weighted by Gasteiger charge is 2.24. The molecule has 2 aromatic heterocycles. The molecule has 0 unspecified atom stereocenters. The summed E-state index contributed by atoms with van der Waals surface area (Å²) in [5.74, 6) is 1.78. The minimum atomic E-state index is 0.692. The Bertz CT molecular complexity index is 583. The molecule has 0 amide bonds. The third-order valence-electron chi connectivity index (χ3n) is 4.27. The van der Waals surface area contributed by atoms with Crippen LogP contribution in [0.4, 0.5) is 5.82 Å². The number of anilines is 1. The number of tetrazole rings is 1. The maximum Gasteiger partial charge on any atom is 0.200 e. The molecular weight excluding hydrogens is 254 g/mol. The molecule has 0 aromatic carbocycles. The van der Waals surface area contributed by atoms with Gasteiger partial charge in [-0.3, -0.25) is 0 Å². The van der Waals surface area contributed by atoms with Gasteiger partial charge in [-0.25, -0.2) is 0 Å². The molecule has 1 saturated carbocycles. The van der Waals surface area contributed by atoms with Crippen molar-refractivity contribution in [3.8, 4) is 0 Å². The molecule has 0 radical (unpaired) electrons. The molecule has 106 valence electrons. The van der Waals surface area contributed by atoms with E-state index in [4.69, 9.17) is 0 Å². The van der Waals surface area contributed by atoms with Crippen LogP contribution in [0.25, 0.3) is 5.65 Å². The first-order valence-electron chi connectivity index (χ1n) is 7.42. The molecule has 1 aliphatic carbocycles. The van der Waals surface area contributed by atoms with Crippen molar-refractivity contribution >= 4 is 11.5 Å². The van der Waals surface area contributed by atoms with Gasteiger partial charge in [0.25, 0.3) is 0 Å². The molecular formula is C13H19N7. The van der Waals surface area contributed by atoms with Crippen LogP contribution in [0.2, 0.25) is 0 Å². The van der Waals surface area contributed by atoms with Crippen LogP contribution in [0.1, 0.15) is 25.7 Å². The molecule has 2 fully saturated rings. The van der Waals surface area contributed by atoms with Gasteiger partial charge in [-0.1, -0.05) is 0 Å². The van der Waals surface area contributed by atoms with Crippen molar-refractivity contribution in [2.24, 2.45) is 5.92 Å². The monoisotopic (exact) mass is 273 g/mol. The Hall–Kier alpha value is -1.76. The molecule has 0 spiro atoms. The lowest BCUT2D eigenvalue weighted by Gasteiger charge is -2.32. The molecule has 1 aliphatic heterocycles. The van der Waals surface area contributed by atoms with E-state index in [0.717, 1.165) is 30.9 Å². The standard InChI is InChI=1S/C13H19N7/c1-2-11(1)14-9-10-5-7-19(8-6-10)13-4-3-12-15-17-18-20(12)16-13/h3-4,10-11,14H,1-2,5-9H2. The molecule has 7 heteroatoms. The number of rotatable bonds is 4. The minimum absolute atomic E-state index is 0.692. The number of hydrogen-bond acceptors (Lipinski definition) is 6. The van der Waals surface area contributed by atoms with Crippen LogP contribution >= 0.6 is 0 Å². The fourth-order valence-electron chi connectivity index (χ4n) is 2.80. The molecule has 3 heterocycles. The minimum Gasteiger partial charge on any atom is -0.355 e. The van der Waals surface area contributed by atoms with Crippen molar-refractivity contribution in [1.29, 1.82) is 0 Å². The highest BCUT2D eigenvalue weighted by Crippen LogP contribution is 2.23. The summed E-state index contributed by atoms with van der Waals surface area (Å²) in [5.41, 5.74) is 0.692. The SMILES string of the molecule is c1cc2nnnn2nc1N1CCC(CNC2CC2)CC1. The van der Waals surface area contributed by atoms with E-state index >= 15 is 0 Å². The molecule has 2 aromatic rings. The van der Waals surface area contributed by atoms with Gasteiger partial charge in [0, 0.05) is 19.1 Å². The largest absolute Gasteiger partial charge is 0.355 e. The molecule has 0 atom stereocenters. The van der Waals surface area contributed by atoms with Gasteiger partial charge in [-0.2, -0.15) is 0 Å². The first-order chi connectivity index (χ1) is 9.88. The number of nitrogens with one attached hydrogen (secondary N) is 1. The fraction of sp³-hybridized carbons (Fsp3) is 0.692. The Balaban J connectivity index is 1.37. The Labute approximate surface area is 117 Å². The van der Waals surface area contributed by atoms with Crippen molar-refractivity contribution < 1.29 is 0 Å². The van der Waals surface area contributed by atoms with E-state index in [9.17, 15) is 0 Å². The first-order valence-corrected chi connectivity index (χ1v) is 7.42. The van der Waals surface area contributed by atoms with E-state index in [1.54, 1.807) is 0 Å². The van der Waals surface area contributed by atoms with E-state index in [2.05, 4.69) is 30.8 Å². The summed E-state index contributed by atoms with van der Waals surface area (Å²) in [5, 5.41) is 19.4. The third-order valence-corrected chi connectivity index (χ3v) is 4.27. The van der Waals surface area contributed by atoms with E-state index in [1.165, 1.54) is 36.9 Å². The lowest BCUT2D eigenvalue weighted by atomic mass is 9.97. The Morgan fingerprint density at radius 3 is 2.80 bits per heavy atom. The number of piperidine rings is 1. The summed E-state index contributed by atoms with van der Waals surface area (Å²) >= 11 is 0. The van der Waals surface area contributed by atoms with Crippen molar-refractivity contribution in [3.63, 3.8) is 0 Å².